The maximum atomic E-state index is 5.48. The predicted molar refractivity (Wildman–Crippen MR) is 61.3 cm³/mol. The summed E-state index contributed by atoms with van der Waals surface area (Å²) in [4.78, 5) is 8.23. The minimum Gasteiger partial charge on any atom is -0.382 e. The van der Waals surface area contributed by atoms with Gasteiger partial charge in [0.05, 0.1) is 18.1 Å². The molecule has 0 atom stereocenters. The van der Waals surface area contributed by atoms with E-state index >= 15 is 0 Å². The summed E-state index contributed by atoms with van der Waals surface area (Å²) in [6.07, 6.45) is 4.31. The number of nitrogens with two attached hydrogens (primary N) is 1. The Hall–Kier alpha value is -1.90. The smallest absolute Gasteiger partial charge is 0.141 e. The Morgan fingerprint density at radius 1 is 1.07 bits per heavy atom. The van der Waals surface area contributed by atoms with E-state index in [1.165, 1.54) is 5.56 Å². The summed E-state index contributed by atoms with van der Waals surface area (Å²) in [5.41, 5.74) is 8.72. The van der Waals surface area contributed by atoms with Gasteiger partial charge in [0.2, 0.25) is 0 Å². The van der Waals surface area contributed by atoms with Gasteiger partial charge in [0.1, 0.15) is 5.82 Å². The van der Waals surface area contributed by atoms with Gasteiger partial charge in [-0.15, -0.1) is 0 Å². The highest BCUT2D eigenvalue weighted by Gasteiger charge is 1.99. The van der Waals surface area contributed by atoms with Crippen molar-refractivity contribution in [3.05, 3.63) is 42.2 Å². The van der Waals surface area contributed by atoms with Crippen LogP contribution in [0.2, 0.25) is 0 Å². The fourth-order valence-corrected chi connectivity index (χ4v) is 1.40. The van der Waals surface area contributed by atoms with Crippen molar-refractivity contribution >= 4 is 5.82 Å². The highest BCUT2D eigenvalue weighted by Crippen LogP contribution is 2.16. The standard InChI is InChI=1S/C12H13N3/c1-2-9-3-5-10(6-4-9)11-7-15-12(13)8-14-11/h3-8H,2H2,1H3,(H2,13,15). The lowest BCUT2D eigenvalue weighted by atomic mass is 10.1. The molecule has 2 N–H and O–H groups in total. The first-order chi connectivity index (χ1) is 7.29. The highest BCUT2D eigenvalue weighted by atomic mass is 14.9. The first-order valence-electron chi connectivity index (χ1n) is 4.96. The van der Waals surface area contributed by atoms with Crippen LogP contribution in [0.3, 0.4) is 0 Å². The lowest BCUT2D eigenvalue weighted by Gasteiger charge is -2.01. The average Bonchev–Trinajstić information content (AvgIpc) is 2.30. The zero-order chi connectivity index (χ0) is 10.7. The summed E-state index contributed by atoms with van der Waals surface area (Å²) in [7, 11) is 0. The second-order valence-corrected chi connectivity index (χ2v) is 3.38. The molecule has 3 heteroatoms. The quantitative estimate of drug-likeness (QED) is 0.807. The van der Waals surface area contributed by atoms with E-state index < -0.39 is 0 Å². The normalized spacial score (nSPS) is 10.2. The molecule has 0 bridgehead atoms. The Labute approximate surface area is 89.0 Å². The van der Waals surface area contributed by atoms with Gasteiger partial charge in [0.15, 0.2) is 0 Å². The number of nitrogens with zero attached hydrogens (tertiary/aromatic N) is 2. The molecule has 0 aliphatic carbocycles. The van der Waals surface area contributed by atoms with E-state index in [2.05, 4.69) is 41.2 Å². The van der Waals surface area contributed by atoms with Crippen LogP contribution in [0.5, 0.6) is 0 Å². The minimum atomic E-state index is 0.448. The Bertz CT molecular complexity index is 431. The van der Waals surface area contributed by atoms with Crippen LogP contribution in [0, 0.1) is 0 Å². The van der Waals surface area contributed by atoms with Gasteiger partial charge in [-0.05, 0) is 12.0 Å². The predicted octanol–water partition coefficient (Wildman–Crippen LogP) is 2.29. The van der Waals surface area contributed by atoms with Crippen LogP contribution >= 0.6 is 0 Å². The number of rotatable bonds is 2. The minimum absolute atomic E-state index is 0.448. The molecule has 0 aliphatic rings. The molecule has 1 aromatic carbocycles. The van der Waals surface area contributed by atoms with Crippen molar-refractivity contribution in [2.45, 2.75) is 13.3 Å². The number of aromatic nitrogens is 2. The molecule has 2 aromatic rings. The monoisotopic (exact) mass is 199 g/mol. The molecule has 0 fully saturated rings. The van der Waals surface area contributed by atoms with Gasteiger partial charge < -0.3 is 5.73 Å². The van der Waals surface area contributed by atoms with Gasteiger partial charge in [-0.2, -0.15) is 0 Å². The van der Waals surface area contributed by atoms with Gasteiger partial charge in [-0.3, -0.25) is 4.98 Å². The molecule has 0 saturated carbocycles. The zero-order valence-corrected chi connectivity index (χ0v) is 8.64. The summed E-state index contributed by atoms with van der Waals surface area (Å²) < 4.78 is 0. The zero-order valence-electron chi connectivity index (χ0n) is 8.64. The van der Waals surface area contributed by atoms with E-state index in [1.54, 1.807) is 12.4 Å². The molecule has 0 radical (unpaired) electrons. The van der Waals surface area contributed by atoms with Crippen molar-refractivity contribution in [1.82, 2.24) is 9.97 Å². The van der Waals surface area contributed by atoms with Gasteiger partial charge in [0.25, 0.3) is 0 Å². The first-order valence-corrected chi connectivity index (χ1v) is 4.96. The van der Waals surface area contributed by atoms with Crippen molar-refractivity contribution in [1.29, 1.82) is 0 Å². The molecule has 1 aromatic heterocycles. The number of benzene rings is 1. The summed E-state index contributed by atoms with van der Waals surface area (Å²) >= 11 is 0. The second-order valence-electron chi connectivity index (χ2n) is 3.38. The largest absolute Gasteiger partial charge is 0.382 e. The summed E-state index contributed by atoms with van der Waals surface area (Å²) in [6, 6.07) is 8.32. The van der Waals surface area contributed by atoms with Crippen molar-refractivity contribution < 1.29 is 0 Å². The molecule has 0 aliphatic heterocycles. The van der Waals surface area contributed by atoms with E-state index in [0.29, 0.717) is 5.82 Å². The third-order valence-corrected chi connectivity index (χ3v) is 2.33. The average molecular weight is 199 g/mol. The van der Waals surface area contributed by atoms with E-state index in [0.717, 1.165) is 17.7 Å². The summed E-state index contributed by atoms with van der Waals surface area (Å²) in [6.45, 7) is 2.14. The van der Waals surface area contributed by atoms with Crippen molar-refractivity contribution in [3.8, 4) is 11.3 Å². The number of hydrogen-bond acceptors (Lipinski definition) is 3. The maximum Gasteiger partial charge on any atom is 0.141 e. The first kappa shape index (κ1) is 9.65. The van der Waals surface area contributed by atoms with Crippen LogP contribution in [-0.2, 0) is 6.42 Å². The SMILES string of the molecule is CCc1ccc(-c2cnc(N)cn2)cc1. The summed E-state index contributed by atoms with van der Waals surface area (Å²) in [5.74, 6) is 0.448. The lowest BCUT2D eigenvalue weighted by molar-refractivity contribution is 1.14. The van der Waals surface area contributed by atoms with Gasteiger partial charge in [-0.25, -0.2) is 4.98 Å². The number of hydrogen-bond donors (Lipinski definition) is 1. The Morgan fingerprint density at radius 2 is 1.80 bits per heavy atom. The summed E-state index contributed by atoms with van der Waals surface area (Å²) in [5, 5.41) is 0. The van der Waals surface area contributed by atoms with Gasteiger partial charge in [-0.1, -0.05) is 31.2 Å². The third kappa shape index (κ3) is 2.13. The topological polar surface area (TPSA) is 51.8 Å². The van der Waals surface area contributed by atoms with Crippen LogP contribution in [0.1, 0.15) is 12.5 Å². The van der Waals surface area contributed by atoms with Crippen molar-refractivity contribution in [2.75, 3.05) is 5.73 Å². The van der Waals surface area contributed by atoms with Crippen LogP contribution < -0.4 is 5.73 Å². The molecule has 1 heterocycles. The molecule has 15 heavy (non-hydrogen) atoms. The van der Waals surface area contributed by atoms with Gasteiger partial charge in [0, 0.05) is 5.56 Å². The maximum absolute atomic E-state index is 5.48. The molecular weight excluding hydrogens is 186 g/mol. The molecule has 76 valence electrons. The fraction of sp³-hybridized carbons (Fsp3) is 0.167. The molecule has 2 rings (SSSR count). The van der Waals surface area contributed by atoms with Crippen molar-refractivity contribution in [3.63, 3.8) is 0 Å². The van der Waals surface area contributed by atoms with E-state index in [4.69, 9.17) is 5.73 Å². The Kier molecular flexibility index (Phi) is 2.63. The van der Waals surface area contributed by atoms with Crippen LogP contribution in [0.15, 0.2) is 36.7 Å². The molecule has 3 nitrogen and oxygen atoms in total. The fourth-order valence-electron chi connectivity index (χ4n) is 1.40. The van der Waals surface area contributed by atoms with E-state index in [1.807, 2.05) is 0 Å². The number of nitrogen functional groups attached to an aromatic ring is 1. The van der Waals surface area contributed by atoms with Crippen molar-refractivity contribution in [2.24, 2.45) is 0 Å². The highest BCUT2D eigenvalue weighted by molar-refractivity contribution is 5.58. The number of aryl methyl sites for hydroxylation is 1. The van der Waals surface area contributed by atoms with Crippen LogP contribution in [-0.4, -0.2) is 9.97 Å². The molecule has 0 saturated heterocycles. The second kappa shape index (κ2) is 4.09. The third-order valence-electron chi connectivity index (χ3n) is 2.33. The van der Waals surface area contributed by atoms with Crippen LogP contribution in [0.25, 0.3) is 11.3 Å². The Morgan fingerprint density at radius 3 is 2.33 bits per heavy atom. The van der Waals surface area contributed by atoms with E-state index in [9.17, 15) is 0 Å². The molecule has 0 spiro atoms. The molecule has 0 unspecified atom stereocenters. The van der Waals surface area contributed by atoms with E-state index in [-0.39, 0.29) is 0 Å². The van der Waals surface area contributed by atoms with Gasteiger partial charge >= 0.3 is 0 Å². The molecular formula is C12H13N3. The Balaban J connectivity index is 2.33. The lowest BCUT2D eigenvalue weighted by Crippen LogP contribution is -1.92. The number of anilines is 1. The molecule has 0 amide bonds. The van der Waals surface area contributed by atoms with Crippen LogP contribution in [0.4, 0.5) is 5.82 Å².